The van der Waals surface area contributed by atoms with Crippen molar-refractivity contribution in [1.82, 2.24) is 4.90 Å². The number of halogens is 1. The lowest BCUT2D eigenvalue weighted by molar-refractivity contribution is -0.140. The monoisotopic (exact) mass is 507 g/mol. The first-order chi connectivity index (χ1) is 17.4. The topological polar surface area (TPSA) is 85.3 Å². The van der Waals surface area contributed by atoms with Crippen LogP contribution in [-0.4, -0.2) is 49.1 Å². The van der Waals surface area contributed by atoms with Crippen molar-refractivity contribution in [3.63, 3.8) is 0 Å². The van der Waals surface area contributed by atoms with Gasteiger partial charge < -0.3 is 24.2 Å². The molecule has 1 aliphatic rings. The maximum Gasteiger partial charge on any atom is 0.295 e. The highest BCUT2D eigenvalue weighted by Crippen LogP contribution is 2.41. The summed E-state index contributed by atoms with van der Waals surface area (Å²) in [5, 5.41) is 11.6. The van der Waals surface area contributed by atoms with Gasteiger partial charge in [-0.25, -0.2) is 0 Å². The zero-order chi connectivity index (χ0) is 25.7. The van der Waals surface area contributed by atoms with Crippen molar-refractivity contribution in [3.05, 3.63) is 100 Å². The molecular weight excluding hydrogens is 482 g/mol. The second-order valence-corrected chi connectivity index (χ2v) is 8.59. The lowest BCUT2D eigenvalue weighted by atomic mass is 9.95. The number of methoxy groups -OCH3 is 2. The average Bonchev–Trinajstić information content (AvgIpc) is 3.16. The van der Waals surface area contributed by atoms with E-state index in [0.29, 0.717) is 34.3 Å². The van der Waals surface area contributed by atoms with E-state index in [1.807, 2.05) is 30.3 Å². The molecule has 7 nitrogen and oxygen atoms in total. The van der Waals surface area contributed by atoms with Crippen molar-refractivity contribution in [1.29, 1.82) is 0 Å². The lowest BCUT2D eigenvalue weighted by Gasteiger charge is -2.25. The van der Waals surface area contributed by atoms with Crippen molar-refractivity contribution >= 4 is 29.1 Å². The zero-order valence-electron chi connectivity index (χ0n) is 19.9. The summed E-state index contributed by atoms with van der Waals surface area (Å²) in [7, 11) is 2.97. The van der Waals surface area contributed by atoms with Crippen LogP contribution < -0.4 is 9.47 Å². The van der Waals surface area contributed by atoms with E-state index < -0.39 is 17.7 Å². The average molecular weight is 508 g/mol. The maximum atomic E-state index is 13.2. The molecule has 1 heterocycles. The summed E-state index contributed by atoms with van der Waals surface area (Å²) >= 11 is 6.13. The normalized spacial score (nSPS) is 16.9. The minimum Gasteiger partial charge on any atom is -0.507 e. The fraction of sp³-hybridized carbons (Fsp3) is 0.214. The van der Waals surface area contributed by atoms with Gasteiger partial charge in [-0.1, -0.05) is 54.1 Å². The molecule has 0 radical (unpaired) electrons. The van der Waals surface area contributed by atoms with Crippen LogP contribution in [0.3, 0.4) is 0 Å². The fourth-order valence-electron chi connectivity index (χ4n) is 4.12. The molecule has 0 spiro atoms. The van der Waals surface area contributed by atoms with Gasteiger partial charge in [-0.3, -0.25) is 9.59 Å². The molecule has 1 unspecified atom stereocenters. The first-order valence-corrected chi connectivity index (χ1v) is 11.7. The molecule has 1 fully saturated rings. The number of carbonyl (C=O) groups is 2. The molecule has 1 saturated heterocycles. The highest BCUT2D eigenvalue weighted by atomic mass is 35.5. The number of amides is 1. The number of nitrogens with zero attached hydrogens (tertiary/aromatic N) is 1. The van der Waals surface area contributed by atoms with Crippen LogP contribution in [0.4, 0.5) is 0 Å². The summed E-state index contributed by atoms with van der Waals surface area (Å²) in [5.41, 5.74) is 1.91. The van der Waals surface area contributed by atoms with E-state index in [0.717, 1.165) is 5.56 Å². The highest BCUT2D eigenvalue weighted by molar-refractivity contribution is 6.46. The van der Waals surface area contributed by atoms with Gasteiger partial charge in [0.25, 0.3) is 11.7 Å². The highest BCUT2D eigenvalue weighted by Gasteiger charge is 2.46. The van der Waals surface area contributed by atoms with Crippen LogP contribution in [0, 0.1) is 0 Å². The van der Waals surface area contributed by atoms with Crippen LogP contribution in [0.2, 0.25) is 5.02 Å². The Labute approximate surface area is 214 Å². The second kappa shape index (κ2) is 11.3. The number of likely N-dealkylation sites (tertiary alicyclic amines) is 1. The first-order valence-electron chi connectivity index (χ1n) is 11.3. The van der Waals surface area contributed by atoms with Crippen LogP contribution in [0.5, 0.6) is 11.5 Å². The molecular formula is C28H26ClNO6. The third kappa shape index (κ3) is 5.22. The Balaban J connectivity index is 1.75. The van der Waals surface area contributed by atoms with Crippen LogP contribution in [0.1, 0.15) is 22.7 Å². The third-order valence-electron chi connectivity index (χ3n) is 5.92. The molecule has 0 bridgehead atoms. The molecule has 1 aliphatic heterocycles. The SMILES string of the molecule is COCCN1C(=O)C(=O)/C(=C(\O)c2ccc(Cl)c(OC)c2)C1c1cccc(OCc2ccccc2)c1. The predicted octanol–water partition coefficient (Wildman–Crippen LogP) is 5.00. The summed E-state index contributed by atoms with van der Waals surface area (Å²) < 4.78 is 16.4. The molecule has 3 aromatic rings. The number of Topliss-reactive ketones (excluding diaryl/α,β-unsaturated/α-hetero) is 1. The van der Waals surface area contributed by atoms with Gasteiger partial charge in [0.2, 0.25) is 0 Å². The largest absolute Gasteiger partial charge is 0.507 e. The number of ketones is 1. The Hall–Kier alpha value is -3.81. The number of hydrogen-bond acceptors (Lipinski definition) is 6. The summed E-state index contributed by atoms with van der Waals surface area (Å²) in [6.45, 7) is 0.753. The quantitative estimate of drug-likeness (QED) is 0.249. The molecule has 3 aromatic carbocycles. The lowest BCUT2D eigenvalue weighted by Crippen LogP contribution is -2.32. The summed E-state index contributed by atoms with van der Waals surface area (Å²) in [4.78, 5) is 27.6. The summed E-state index contributed by atoms with van der Waals surface area (Å²) in [5.74, 6) is -0.902. The van der Waals surface area contributed by atoms with E-state index in [9.17, 15) is 14.7 Å². The molecule has 0 aliphatic carbocycles. The molecule has 8 heteroatoms. The molecule has 1 amide bonds. The molecule has 36 heavy (non-hydrogen) atoms. The number of ether oxygens (including phenoxy) is 3. The number of carbonyl (C=O) groups excluding carboxylic acids is 2. The van der Waals surface area contributed by atoms with Gasteiger partial charge in [-0.05, 0) is 41.5 Å². The number of benzene rings is 3. The summed E-state index contributed by atoms with van der Waals surface area (Å²) in [6.07, 6.45) is 0. The minimum absolute atomic E-state index is 0.0271. The Kier molecular flexibility index (Phi) is 7.93. The van der Waals surface area contributed by atoms with Crippen LogP contribution >= 0.6 is 11.6 Å². The predicted molar refractivity (Wildman–Crippen MR) is 136 cm³/mol. The second-order valence-electron chi connectivity index (χ2n) is 8.18. The number of aliphatic hydroxyl groups excluding tert-OH is 1. The molecule has 0 aromatic heterocycles. The maximum absolute atomic E-state index is 13.2. The van der Waals surface area contributed by atoms with E-state index in [2.05, 4.69) is 0 Å². The third-order valence-corrected chi connectivity index (χ3v) is 6.24. The molecule has 0 saturated carbocycles. The molecule has 1 atom stereocenters. The van der Waals surface area contributed by atoms with Gasteiger partial charge in [0.1, 0.15) is 23.9 Å². The van der Waals surface area contributed by atoms with Gasteiger partial charge in [0.15, 0.2) is 0 Å². The van der Waals surface area contributed by atoms with Gasteiger partial charge in [-0.2, -0.15) is 0 Å². The Morgan fingerprint density at radius 3 is 2.50 bits per heavy atom. The van der Waals surface area contributed by atoms with Crippen molar-refractivity contribution in [3.8, 4) is 11.5 Å². The van der Waals surface area contributed by atoms with Crippen molar-refractivity contribution < 1.29 is 28.9 Å². The Morgan fingerprint density at radius 2 is 1.78 bits per heavy atom. The van der Waals surface area contributed by atoms with Crippen molar-refractivity contribution in [2.24, 2.45) is 0 Å². The number of hydrogen-bond donors (Lipinski definition) is 1. The standard InChI is InChI=1S/C28H26ClNO6/c1-34-14-13-30-25(19-9-6-10-21(15-19)36-17-18-7-4-3-5-8-18)24(27(32)28(30)33)26(31)20-11-12-22(29)23(16-20)35-2/h3-12,15-16,25,31H,13-14,17H2,1-2H3/b26-24-. The Bertz CT molecular complexity index is 1290. The van der Waals surface area contributed by atoms with Gasteiger partial charge in [0, 0.05) is 19.2 Å². The van der Waals surface area contributed by atoms with Crippen LogP contribution in [-0.2, 0) is 20.9 Å². The number of aliphatic hydroxyl groups is 1. The smallest absolute Gasteiger partial charge is 0.295 e. The Morgan fingerprint density at radius 1 is 1.00 bits per heavy atom. The summed E-state index contributed by atoms with van der Waals surface area (Å²) in [6, 6.07) is 20.7. The molecule has 1 N–H and O–H groups in total. The van der Waals surface area contributed by atoms with E-state index in [1.165, 1.54) is 25.2 Å². The molecule has 186 valence electrons. The molecule has 4 rings (SSSR count). The van der Waals surface area contributed by atoms with Crippen molar-refractivity contribution in [2.45, 2.75) is 12.6 Å². The first kappa shape index (κ1) is 25.3. The van der Waals surface area contributed by atoms with E-state index in [4.69, 9.17) is 25.8 Å². The van der Waals surface area contributed by atoms with Crippen molar-refractivity contribution in [2.75, 3.05) is 27.4 Å². The van der Waals surface area contributed by atoms with Gasteiger partial charge in [-0.15, -0.1) is 0 Å². The fourth-order valence-corrected chi connectivity index (χ4v) is 4.32. The minimum atomic E-state index is -0.831. The van der Waals surface area contributed by atoms with E-state index in [-0.39, 0.29) is 24.5 Å². The zero-order valence-corrected chi connectivity index (χ0v) is 20.7. The van der Waals surface area contributed by atoms with Gasteiger partial charge in [0.05, 0.1) is 30.4 Å². The van der Waals surface area contributed by atoms with Crippen LogP contribution in [0.15, 0.2) is 78.4 Å². The van der Waals surface area contributed by atoms with E-state index >= 15 is 0 Å². The number of rotatable bonds is 9. The van der Waals surface area contributed by atoms with Gasteiger partial charge >= 0.3 is 0 Å². The van der Waals surface area contributed by atoms with E-state index in [1.54, 1.807) is 36.4 Å². The van der Waals surface area contributed by atoms with Crippen LogP contribution in [0.25, 0.3) is 5.76 Å².